The summed E-state index contributed by atoms with van der Waals surface area (Å²) < 4.78 is 6.79. The first-order chi connectivity index (χ1) is 25.5. The Morgan fingerprint density at radius 1 is 0.500 bits per heavy atom. The van der Waals surface area contributed by atoms with Crippen molar-refractivity contribution >= 4 is 43.8 Å². The van der Waals surface area contributed by atoms with Crippen LogP contribution < -0.4 is 0 Å². The van der Waals surface area contributed by atoms with E-state index >= 15 is 0 Å². The summed E-state index contributed by atoms with van der Waals surface area (Å²) in [5, 5.41) is 0. The number of fused-ring (bicyclic) bond motifs is 2. The van der Waals surface area contributed by atoms with E-state index in [9.17, 15) is 0 Å². The molecule has 0 saturated heterocycles. The summed E-state index contributed by atoms with van der Waals surface area (Å²) in [7, 11) is 0. The largest absolute Gasteiger partial charge is 0.147 e. The molecule has 0 radical (unpaired) electrons. The molecule has 56 heavy (non-hydrogen) atoms. The molecular weight excluding hydrogens is 815 g/mol. The maximum absolute atomic E-state index is 3.80. The van der Waals surface area contributed by atoms with Crippen LogP contribution in [0.1, 0.15) is 160 Å². The molecule has 0 saturated carbocycles. The van der Waals surface area contributed by atoms with Gasteiger partial charge >= 0.3 is 335 Å². The molecule has 2 aliphatic carbocycles. The number of hydrogen-bond acceptors (Lipinski definition) is 0. The Morgan fingerprint density at radius 3 is 1.18 bits per heavy atom. The Balaban J connectivity index is 0.00000348. The molecule has 0 bridgehead atoms. The van der Waals surface area contributed by atoms with Gasteiger partial charge < -0.3 is 0 Å². The monoisotopic (exact) mass is 884 g/mol. The molecule has 2 aliphatic rings. The van der Waals surface area contributed by atoms with E-state index in [0.29, 0.717) is 7.25 Å². The summed E-state index contributed by atoms with van der Waals surface area (Å²) in [5.74, 6) is 0. The molecule has 6 rings (SSSR count). The molecule has 0 amide bonds. The second-order valence-electron chi connectivity index (χ2n) is 20.1. The van der Waals surface area contributed by atoms with Crippen LogP contribution in [0.25, 0.3) is 34.4 Å². The Kier molecular flexibility index (Phi) is 15.5. The first-order valence-electron chi connectivity index (χ1n) is 21.5. The van der Waals surface area contributed by atoms with Crippen molar-refractivity contribution in [1.82, 2.24) is 0 Å². The van der Waals surface area contributed by atoms with E-state index < -0.39 is 17.4 Å². The maximum atomic E-state index is 2.86. The average molecular weight is 887 g/mol. The summed E-state index contributed by atoms with van der Waals surface area (Å²) in [6.07, 6.45) is 18.3. The summed E-state index contributed by atoms with van der Waals surface area (Å²) in [6, 6.07) is 33.6. The summed E-state index contributed by atoms with van der Waals surface area (Å²) in [4.78, 5) is 0. The van der Waals surface area contributed by atoms with Gasteiger partial charge in [0.15, 0.2) is 0 Å². The van der Waals surface area contributed by atoms with Crippen LogP contribution in [-0.2, 0) is 28.2 Å². The normalized spacial score (nSPS) is 16.7. The van der Waals surface area contributed by atoms with E-state index in [0.717, 1.165) is 0 Å². The zero-order chi connectivity index (χ0) is 38.9. The Labute approximate surface area is 357 Å². The number of benzene rings is 4. The first-order valence-corrected chi connectivity index (χ1v) is 35.2. The Morgan fingerprint density at radius 2 is 0.857 bits per heavy atom. The fourth-order valence-electron chi connectivity index (χ4n) is 10.1. The molecule has 0 spiro atoms. The molecule has 4 aromatic carbocycles. The van der Waals surface area contributed by atoms with E-state index in [4.69, 9.17) is 0 Å². The second-order valence-corrected chi connectivity index (χ2v) is 50.6. The molecule has 4 heteroatoms. The smallest absolute Gasteiger partial charge is 0.147 e. The van der Waals surface area contributed by atoms with Gasteiger partial charge in [0.05, 0.1) is 0 Å². The van der Waals surface area contributed by atoms with Crippen molar-refractivity contribution in [2.75, 3.05) is 0 Å². The van der Waals surface area contributed by atoms with Gasteiger partial charge in [-0.1, -0.05) is 0 Å². The van der Waals surface area contributed by atoms with Crippen molar-refractivity contribution < 1.29 is 17.4 Å². The van der Waals surface area contributed by atoms with Crippen molar-refractivity contribution in [2.45, 2.75) is 147 Å². The molecule has 4 aromatic rings. The van der Waals surface area contributed by atoms with E-state index in [1.54, 1.807) is 22.3 Å². The minimum atomic E-state index is -3.80. The van der Waals surface area contributed by atoms with E-state index in [1.165, 1.54) is 109 Å². The van der Waals surface area contributed by atoms with Crippen LogP contribution in [0, 0.1) is 0 Å². The Hall–Kier alpha value is -1.96. The van der Waals surface area contributed by atoms with Gasteiger partial charge in [0, 0.05) is 0 Å². The van der Waals surface area contributed by atoms with Crippen molar-refractivity contribution in [3.05, 3.63) is 129 Å². The zero-order valence-electron chi connectivity index (χ0n) is 36.5. The van der Waals surface area contributed by atoms with Crippen LogP contribution in [-0.4, -0.2) is 6.88 Å². The molecule has 0 aliphatic heterocycles. The SMILES string of the molecule is CCCCCCC1=Cc2c(-c3ccc(C(C)(C)C)cc3)cccc2[CH]1[Zr]([CH3])([CH3])(=[SiH2])[CH]1C(CCCCCC)=Cc2c(-c3ccc(C(C)(C)C)cc3)cccc21.Cl.Cl. The van der Waals surface area contributed by atoms with Crippen molar-refractivity contribution in [3.8, 4) is 22.3 Å². The van der Waals surface area contributed by atoms with Gasteiger partial charge in [-0.2, -0.15) is 0 Å². The van der Waals surface area contributed by atoms with Crippen LogP contribution in [0.3, 0.4) is 0 Å². The minimum absolute atomic E-state index is 0. The molecule has 0 heterocycles. The fourth-order valence-corrected chi connectivity index (χ4v) is 30.0. The topological polar surface area (TPSA) is 0 Å². The van der Waals surface area contributed by atoms with Gasteiger partial charge in [-0.05, 0) is 0 Å². The molecule has 2 atom stereocenters. The molecular formula is C52H72Cl2SiZr. The van der Waals surface area contributed by atoms with Gasteiger partial charge in [0.25, 0.3) is 0 Å². The van der Waals surface area contributed by atoms with E-state index in [2.05, 4.69) is 169 Å². The van der Waals surface area contributed by atoms with Gasteiger partial charge in [0.2, 0.25) is 0 Å². The number of hydrogen-bond donors (Lipinski definition) is 0. The number of allylic oxidation sites excluding steroid dienone is 2. The van der Waals surface area contributed by atoms with Crippen LogP contribution >= 0.6 is 24.8 Å². The van der Waals surface area contributed by atoms with Crippen molar-refractivity contribution in [3.63, 3.8) is 0 Å². The number of halogens is 2. The Bertz CT molecular complexity index is 1940. The zero-order valence-corrected chi connectivity index (χ0v) is 42.0. The fraction of sp³-hybridized carbons (Fsp3) is 0.462. The van der Waals surface area contributed by atoms with E-state index in [1.807, 2.05) is 0 Å². The summed E-state index contributed by atoms with van der Waals surface area (Å²) in [5.41, 5.74) is 18.4. The minimum Gasteiger partial charge on any atom is -0.147 e. The van der Waals surface area contributed by atoms with Crippen LogP contribution in [0.2, 0.25) is 9.26 Å². The van der Waals surface area contributed by atoms with Gasteiger partial charge in [-0.3, -0.25) is 0 Å². The standard InChI is InChI=1S/2C25H31.2CH3.2ClH.H2Si.Zr/c2*1-5-6-7-8-10-19-17-21-11-9-12-23(24(21)18-19)20-13-15-22(16-14-20)25(2,3)4;;;;;;/h2*9,11-18H,5-8,10H2,1-4H3;2*1H3;2*1H;1H2;. The predicted molar refractivity (Wildman–Crippen MR) is 255 cm³/mol. The molecule has 302 valence electrons. The van der Waals surface area contributed by atoms with Gasteiger partial charge in [0.1, 0.15) is 0 Å². The second kappa shape index (κ2) is 18.5. The van der Waals surface area contributed by atoms with Crippen molar-refractivity contribution in [1.29, 1.82) is 0 Å². The first kappa shape index (κ1) is 46.7. The summed E-state index contributed by atoms with van der Waals surface area (Å²) in [6.45, 7) is 21.1. The third kappa shape index (κ3) is 9.73. The molecule has 0 N–H and O–H groups in total. The van der Waals surface area contributed by atoms with Crippen LogP contribution in [0.5, 0.6) is 0 Å². The van der Waals surface area contributed by atoms with E-state index in [-0.39, 0.29) is 35.6 Å². The van der Waals surface area contributed by atoms with Crippen LogP contribution in [0.15, 0.2) is 96.1 Å². The number of rotatable bonds is 14. The molecule has 2 unspecified atom stereocenters. The third-order valence-electron chi connectivity index (χ3n) is 13.0. The molecule has 0 fully saturated rings. The average Bonchev–Trinajstić information content (AvgIpc) is 3.71. The molecule has 0 nitrogen and oxygen atoms in total. The number of unbranched alkanes of at least 4 members (excludes halogenated alkanes) is 6. The summed E-state index contributed by atoms with van der Waals surface area (Å²) >= 11 is -3.80. The molecule has 0 aromatic heterocycles. The van der Waals surface area contributed by atoms with Crippen molar-refractivity contribution in [2.24, 2.45) is 0 Å². The predicted octanol–water partition coefficient (Wildman–Crippen LogP) is 16.3. The third-order valence-corrected chi connectivity index (χ3v) is 30.5. The van der Waals surface area contributed by atoms with Crippen LogP contribution in [0.4, 0.5) is 0 Å². The van der Waals surface area contributed by atoms with Gasteiger partial charge in [-0.15, -0.1) is 24.8 Å². The quantitative estimate of drug-likeness (QED) is 0.0874. The maximum Gasteiger partial charge on any atom is -0.147 e. The van der Waals surface area contributed by atoms with Gasteiger partial charge in [-0.25, -0.2) is 0 Å².